The summed E-state index contributed by atoms with van der Waals surface area (Å²) in [6, 6.07) is 14.2. The quantitative estimate of drug-likeness (QED) is 0.514. The van der Waals surface area contributed by atoms with E-state index in [4.69, 9.17) is 10.5 Å². The molecule has 0 saturated heterocycles. The molecule has 31 heavy (non-hydrogen) atoms. The summed E-state index contributed by atoms with van der Waals surface area (Å²) in [5, 5.41) is 0. The molecule has 2 amide bonds. The highest BCUT2D eigenvalue weighted by atomic mass is 19.1. The Hall–Kier alpha value is -3.93. The van der Waals surface area contributed by atoms with Crippen molar-refractivity contribution < 1.29 is 18.7 Å². The predicted molar refractivity (Wildman–Crippen MR) is 117 cm³/mol. The van der Waals surface area contributed by atoms with Gasteiger partial charge in [0, 0.05) is 16.7 Å². The molecule has 0 saturated carbocycles. The Bertz CT molecular complexity index is 1280. The summed E-state index contributed by atoms with van der Waals surface area (Å²) in [6.45, 7) is 4.23. The van der Waals surface area contributed by atoms with Crippen LogP contribution in [0.2, 0.25) is 0 Å². The molecule has 0 atom stereocenters. The summed E-state index contributed by atoms with van der Waals surface area (Å²) < 4.78 is 21.5. The third kappa shape index (κ3) is 2.83. The molecule has 5 rings (SSSR count). The van der Waals surface area contributed by atoms with Crippen molar-refractivity contribution in [3.8, 4) is 28.0 Å². The van der Waals surface area contributed by atoms with Crippen molar-refractivity contribution in [2.24, 2.45) is 5.73 Å². The van der Waals surface area contributed by atoms with Crippen molar-refractivity contribution in [3.05, 3.63) is 83.7 Å². The average Bonchev–Trinajstić information content (AvgIpc) is 3.16. The number of benzene rings is 3. The summed E-state index contributed by atoms with van der Waals surface area (Å²) >= 11 is 0. The maximum Gasteiger partial charge on any atom is 0.250 e. The van der Waals surface area contributed by atoms with Crippen LogP contribution in [0.3, 0.4) is 0 Å². The van der Waals surface area contributed by atoms with Crippen molar-refractivity contribution >= 4 is 17.5 Å². The Morgan fingerprint density at radius 3 is 2.65 bits per heavy atom. The molecule has 3 aromatic rings. The molecule has 6 heteroatoms. The van der Waals surface area contributed by atoms with Crippen LogP contribution in [0.15, 0.2) is 61.2 Å². The lowest BCUT2D eigenvalue weighted by molar-refractivity contribution is -0.114. The Morgan fingerprint density at radius 1 is 1.10 bits per heavy atom. The Labute approximate surface area is 178 Å². The normalized spacial score (nSPS) is 13.6. The van der Waals surface area contributed by atoms with E-state index >= 15 is 4.39 Å². The summed E-state index contributed by atoms with van der Waals surface area (Å²) in [5.74, 6) is -1.04. The number of hydrogen-bond donors (Lipinski definition) is 1. The van der Waals surface area contributed by atoms with Gasteiger partial charge in [-0.3, -0.25) is 9.59 Å². The molecule has 5 nitrogen and oxygen atoms in total. The highest BCUT2D eigenvalue weighted by molar-refractivity contribution is 6.05. The van der Waals surface area contributed by atoms with E-state index in [-0.39, 0.29) is 18.1 Å². The van der Waals surface area contributed by atoms with E-state index in [1.165, 1.54) is 12.1 Å². The molecule has 0 spiro atoms. The van der Waals surface area contributed by atoms with Gasteiger partial charge in [0.15, 0.2) is 5.75 Å². The van der Waals surface area contributed by atoms with Crippen LogP contribution in [0.25, 0.3) is 22.3 Å². The van der Waals surface area contributed by atoms with Crippen LogP contribution in [-0.4, -0.2) is 25.0 Å². The van der Waals surface area contributed by atoms with Crippen LogP contribution in [0, 0.1) is 5.82 Å². The minimum atomic E-state index is -0.663. The second-order valence-corrected chi connectivity index (χ2v) is 7.53. The lowest BCUT2D eigenvalue weighted by Gasteiger charge is -2.30. The lowest BCUT2D eigenvalue weighted by Crippen LogP contribution is -2.36. The van der Waals surface area contributed by atoms with E-state index in [1.807, 2.05) is 24.3 Å². The molecule has 3 aromatic carbocycles. The van der Waals surface area contributed by atoms with Gasteiger partial charge in [0.2, 0.25) is 5.91 Å². The zero-order valence-electron chi connectivity index (χ0n) is 16.7. The van der Waals surface area contributed by atoms with E-state index in [0.29, 0.717) is 46.7 Å². The number of halogens is 1. The van der Waals surface area contributed by atoms with E-state index in [0.717, 1.165) is 11.1 Å². The van der Waals surface area contributed by atoms with Crippen LogP contribution in [0.4, 0.5) is 10.1 Å². The third-order valence-electron chi connectivity index (χ3n) is 5.86. The van der Waals surface area contributed by atoms with Gasteiger partial charge >= 0.3 is 0 Å². The minimum Gasteiger partial charge on any atom is -0.489 e. The van der Waals surface area contributed by atoms with Crippen molar-refractivity contribution in [2.45, 2.75) is 6.42 Å². The first-order valence-corrected chi connectivity index (χ1v) is 9.94. The third-order valence-corrected chi connectivity index (χ3v) is 5.86. The fraction of sp³-hybridized carbons (Fsp3) is 0.120. The molecule has 0 unspecified atom stereocenters. The number of amides is 2. The number of carbonyl (C=O) groups is 2. The molecular weight excluding hydrogens is 395 g/mol. The molecule has 0 radical (unpaired) electrons. The molecule has 154 valence electrons. The number of nitrogens with two attached hydrogens (primary N) is 1. The number of hydrogen-bond acceptors (Lipinski definition) is 3. The summed E-state index contributed by atoms with van der Waals surface area (Å²) in [6.07, 6.45) is 1.74. The number of anilines is 1. The van der Waals surface area contributed by atoms with E-state index in [2.05, 4.69) is 6.58 Å². The Morgan fingerprint density at radius 2 is 1.87 bits per heavy atom. The number of ether oxygens (including phenoxy) is 1. The standard InChI is InChI=1S/C25H19FN2O3/c1-2-21(29)28-10-11-31-24-16(8-5-9-20(24)28)23-19(26)13-18(25(27)30)17-12-14-6-3-4-7-15(14)22(17)23/h2-9,13H,1,10-12H2,(H2,27,30). The molecule has 2 N–H and O–H groups in total. The zero-order valence-corrected chi connectivity index (χ0v) is 16.7. The van der Waals surface area contributed by atoms with Gasteiger partial charge < -0.3 is 15.4 Å². The van der Waals surface area contributed by atoms with Crippen LogP contribution in [0.1, 0.15) is 21.5 Å². The smallest absolute Gasteiger partial charge is 0.250 e. The van der Waals surface area contributed by atoms with Crippen LogP contribution >= 0.6 is 0 Å². The molecule has 1 aliphatic carbocycles. The largest absolute Gasteiger partial charge is 0.489 e. The van der Waals surface area contributed by atoms with Crippen LogP contribution in [0.5, 0.6) is 5.75 Å². The highest BCUT2D eigenvalue weighted by Gasteiger charge is 2.32. The predicted octanol–water partition coefficient (Wildman–Crippen LogP) is 4.07. The zero-order chi connectivity index (χ0) is 21.7. The van der Waals surface area contributed by atoms with Gasteiger partial charge in [-0.25, -0.2) is 4.39 Å². The minimum absolute atomic E-state index is 0.182. The second-order valence-electron chi connectivity index (χ2n) is 7.53. The van der Waals surface area contributed by atoms with Gasteiger partial charge in [-0.15, -0.1) is 0 Å². The molecule has 2 aliphatic rings. The summed E-state index contributed by atoms with van der Waals surface area (Å²) in [7, 11) is 0. The molecule has 0 aromatic heterocycles. The van der Waals surface area contributed by atoms with E-state index in [9.17, 15) is 9.59 Å². The lowest BCUT2D eigenvalue weighted by atomic mass is 9.89. The fourth-order valence-corrected chi connectivity index (χ4v) is 4.55. The maximum absolute atomic E-state index is 15.6. The Kier molecular flexibility index (Phi) is 4.36. The van der Waals surface area contributed by atoms with Crippen LogP contribution in [-0.2, 0) is 11.2 Å². The number of para-hydroxylation sites is 1. The number of rotatable bonds is 3. The monoisotopic (exact) mass is 414 g/mol. The molecule has 1 aliphatic heterocycles. The van der Waals surface area contributed by atoms with E-state index in [1.54, 1.807) is 23.1 Å². The fourth-order valence-electron chi connectivity index (χ4n) is 4.55. The maximum atomic E-state index is 15.6. The first-order valence-electron chi connectivity index (χ1n) is 9.94. The first-order chi connectivity index (χ1) is 15.0. The number of carbonyl (C=O) groups excluding carboxylic acids is 2. The molecule has 0 fully saturated rings. The van der Waals surface area contributed by atoms with Gasteiger partial charge in [0.05, 0.1) is 12.2 Å². The van der Waals surface area contributed by atoms with E-state index < -0.39 is 11.7 Å². The van der Waals surface area contributed by atoms with Crippen molar-refractivity contribution in [1.29, 1.82) is 0 Å². The number of nitrogens with zero attached hydrogens (tertiary/aromatic N) is 1. The topological polar surface area (TPSA) is 72.6 Å². The van der Waals surface area contributed by atoms with Gasteiger partial charge in [-0.1, -0.05) is 43.0 Å². The molecule has 1 heterocycles. The van der Waals surface area contributed by atoms with Gasteiger partial charge in [0.25, 0.3) is 5.91 Å². The van der Waals surface area contributed by atoms with Gasteiger partial charge in [0.1, 0.15) is 12.4 Å². The van der Waals surface area contributed by atoms with Crippen molar-refractivity contribution in [1.82, 2.24) is 0 Å². The van der Waals surface area contributed by atoms with Crippen molar-refractivity contribution in [3.63, 3.8) is 0 Å². The summed E-state index contributed by atoms with van der Waals surface area (Å²) in [4.78, 5) is 26.0. The molecule has 0 bridgehead atoms. The SMILES string of the molecule is C=CC(=O)N1CCOc2c(-c3c(F)cc(C(N)=O)c4c3-c3ccccc3C4)cccc21. The second kappa shape index (κ2) is 7.09. The first kappa shape index (κ1) is 19.1. The Balaban J connectivity index is 1.81. The summed E-state index contributed by atoms with van der Waals surface area (Å²) in [5.41, 5.74) is 10.4. The number of primary amides is 1. The van der Waals surface area contributed by atoms with Gasteiger partial charge in [-0.05, 0) is 46.9 Å². The van der Waals surface area contributed by atoms with Gasteiger partial charge in [-0.2, -0.15) is 0 Å². The molecular formula is C25H19FN2O3. The van der Waals surface area contributed by atoms with Crippen molar-refractivity contribution in [2.75, 3.05) is 18.1 Å². The average molecular weight is 414 g/mol. The van der Waals surface area contributed by atoms with Crippen LogP contribution < -0.4 is 15.4 Å². The number of fused-ring (bicyclic) bond motifs is 4. The highest BCUT2D eigenvalue weighted by Crippen LogP contribution is 2.50.